The average molecular weight is 270 g/mol. The van der Waals surface area contributed by atoms with Crippen LogP contribution in [-0.2, 0) is 11.3 Å². The van der Waals surface area contributed by atoms with Gasteiger partial charge in [0, 0.05) is 26.1 Å². The molecule has 0 aromatic carbocycles. The molecule has 0 bridgehead atoms. The van der Waals surface area contributed by atoms with Crippen LogP contribution in [0.1, 0.15) is 23.8 Å². The van der Waals surface area contributed by atoms with Crippen LogP contribution in [0.4, 0.5) is 0 Å². The molecule has 0 aliphatic carbocycles. The standard InChI is InChI=1S/C11H18N4O4/c1-8-11(18,2-5-19-8)7-12-3-4-15-6-9(10(16)17)13-14-15/h6,8,12,18H,2-5,7H2,1H3,(H,16,17). The Morgan fingerprint density at radius 1 is 1.74 bits per heavy atom. The molecule has 0 spiro atoms. The van der Waals surface area contributed by atoms with Gasteiger partial charge in [-0.3, -0.25) is 4.68 Å². The smallest absolute Gasteiger partial charge is 0.358 e. The molecule has 0 radical (unpaired) electrons. The Hall–Kier alpha value is -1.51. The molecule has 8 nitrogen and oxygen atoms in total. The van der Waals surface area contributed by atoms with Gasteiger partial charge in [-0.2, -0.15) is 0 Å². The summed E-state index contributed by atoms with van der Waals surface area (Å²) in [6.45, 7) is 3.92. The minimum atomic E-state index is -1.09. The summed E-state index contributed by atoms with van der Waals surface area (Å²) in [6, 6.07) is 0. The number of carboxylic acid groups (broad SMARTS) is 1. The van der Waals surface area contributed by atoms with Crippen LogP contribution < -0.4 is 5.32 Å². The van der Waals surface area contributed by atoms with E-state index in [2.05, 4.69) is 15.6 Å². The average Bonchev–Trinajstić information content (AvgIpc) is 2.94. The van der Waals surface area contributed by atoms with Crippen LogP contribution in [0.3, 0.4) is 0 Å². The largest absolute Gasteiger partial charge is 0.476 e. The Kier molecular flexibility index (Phi) is 4.13. The maximum Gasteiger partial charge on any atom is 0.358 e. The van der Waals surface area contributed by atoms with Crippen molar-refractivity contribution in [1.82, 2.24) is 20.3 Å². The lowest BCUT2D eigenvalue weighted by Gasteiger charge is -2.26. The molecule has 1 fully saturated rings. The third-order valence-corrected chi connectivity index (χ3v) is 3.37. The van der Waals surface area contributed by atoms with E-state index in [4.69, 9.17) is 9.84 Å². The Bertz CT molecular complexity index is 450. The Morgan fingerprint density at radius 3 is 3.11 bits per heavy atom. The van der Waals surface area contributed by atoms with E-state index < -0.39 is 11.6 Å². The number of aliphatic hydroxyl groups is 1. The topological polar surface area (TPSA) is 110 Å². The first-order valence-corrected chi connectivity index (χ1v) is 6.19. The maximum atomic E-state index is 10.6. The maximum absolute atomic E-state index is 10.6. The molecule has 106 valence electrons. The van der Waals surface area contributed by atoms with Crippen molar-refractivity contribution in [3.63, 3.8) is 0 Å². The number of hydrogen-bond acceptors (Lipinski definition) is 6. The van der Waals surface area contributed by atoms with E-state index >= 15 is 0 Å². The second-order valence-corrected chi connectivity index (χ2v) is 4.72. The fourth-order valence-electron chi connectivity index (χ4n) is 2.01. The SMILES string of the molecule is CC1OCCC1(O)CNCCn1cc(C(=O)O)nn1. The highest BCUT2D eigenvalue weighted by Gasteiger charge is 2.38. The molecule has 1 aliphatic rings. The highest BCUT2D eigenvalue weighted by molar-refractivity contribution is 5.84. The summed E-state index contributed by atoms with van der Waals surface area (Å²) in [5, 5.41) is 29.3. The van der Waals surface area contributed by atoms with E-state index in [0.29, 0.717) is 32.7 Å². The van der Waals surface area contributed by atoms with Crippen LogP contribution in [-0.4, -0.2) is 62.6 Å². The van der Waals surface area contributed by atoms with E-state index in [1.807, 2.05) is 6.92 Å². The lowest BCUT2D eigenvalue weighted by atomic mass is 9.97. The van der Waals surface area contributed by atoms with Crippen molar-refractivity contribution in [2.45, 2.75) is 31.6 Å². The van der Waals surface area contributed by atoms with Gasteiger partial charge in [-0.15, -0.1) is 5.10 Å². The second kappa shape index (κ2) is 5.64. The number of rotatable bonds is 6. The zero-order valence-electron chi connectivity index (χ0n) is 10.7. The van der Waals surface area contributed by atoms with Crippen LogP contribution in [0.15, 0.2) is 6.20 Å². The molecule has 2 atom stereocenters. The molecule has 2 rings (SSSR count). The predicted molar refractivity (Wildman–Crippen MR) is 64.8 cm³/mol. The zero-order chi connectivity index (χ0) is 13.9. The summed E-state index contributed by atoms with van der Waals surface area (Å²) < 4.78 is 6.78. The number of carbonyl (C=O) groups is 1. The summed E-state index contributed by atoms with van der Waals surface area (Å²) >= 11 is 0. The second-order valence-electron chi connectivity index (χ2n) is 4.72. The fraction of sp³-hybridized carbons (Fsp3) is 0.727. The molecule has 1 aliphatic heterocycles. The monoisotopic (exact) mass is 270 g/mol. The number of aromatic carboxylic acids is 1. The van der Waals surface area contributed by atoms with Gasteiger partial charge in [-0.25, -0.2) is 4.79 Å². The number of nitrogens with zero attached hydrogens (tertiary/aromatic N) is 3. The van der Waals surface area contributed by atoms with E-state index in [-0.39, 0.29) is 11.8 Å². The molecule has 0 saturated carbocycles. The van der Waals surface area contributed by atoms with Gasteiger partial charge >= 0.3 is 5.97 Å². The van der Waals surface area contributed by atoms with Crippen molar-refractivity contribution >= 4 is 5.97 Å². The lowest BCUT2D eigenvalue weighted by molar-refractivity contribution is -0.0261. The molecule has 19 heavy (non-hydrogen) atoms. The summed E-state index contributed by atoms with van der Waals surface area (Å²) in [7, 11) is 0. The molecule has 3 N–H and O–H groups in total. The van der Waals surface area contributed by atoms with Gasteiger partial charge in [0.1, 0.15) is 5.60 Å². The lowest BCUT2D eigenvalue weighted by Crippen LogP contribution is -2.46. The van der Waals surface area contributed by atoms with E-state index in [1.165, 1.54) is 10.9 Å². The Labute approximate surface area is 110 Å². The number of carboxylic acids is 1. The van der Waals surface area contributed by atoms with Crippen LogP contribution in [0.25, 0.3) is 0 Å². The Balaban J connectivity index is 1.73. The zero-order valence-corrected chi connectivity index (χ0v) is 10.7. The summed E-state index contributed by atoms with van der Waals surface area (Å²) in [6.07, 6.45) is 1.82. The molecule has 2 unspecified atom stereocenters. The highest BCUT2D eigenvalue weighted by Crippen LogP contribution is 2.24. The van der Waals surface area contributed by atoms with Crippen molar-refractivity contribution < 1.29 is 19.7 Å². The van der Waals surface area contributed by atoms with Gasteiger partial charge in [-0.05, 0) is 6.92 Å². The van der Waals surface area contributed by atoms with Crippen molar-refractivity contribution in [3.05, 3.63) is 11.9 Å². The van der Waals surface area contributed by atoms with Crippen molar-refractivity contribution in [2.75, 3.05) is 19.7 Å². The number of hydrogen-bond donors (Lipinski definition) is 3. The minimum absolute atomic E-state index is 0.0727. The summed E-state index contributed by atoms with van der Waals surface area (Å²) in [4.78, 5) is 10.6. The van der Waals surface area contributed by atoms with E-state index in [9.17, 15) is 9.90 Å². The normalized spacial score (nSPS) is 26.7. The summed E-state index contributed by atoms with van der Waals surface area (Å²) in [5.74, 6) is -1.09. The molecule has 0 amide bonds. The van der Waals surface area contributed by atoms with Crippen molar-refractivity contribution in [2.24, 2.45) is 0 Å². The number of aromatic nitrogens is 3. The third kappa shape index (κ3) is 3.28. The van der Waals surface area contributed by atoms with Crippen molar-refractivity contribution in [3.8, 4) is 0 Å². The molecular formula is C11H18N4O4. The van der Waals surface area contributed by atoms with Crippen LogP contribution in [0.5, 0.6) is 0 Å². The number of ether oxygens (including phenoxy) is 1. The van der Waals surface area contributed by atoms with E-state index in [1.54, 1.807) is 0 Å². The fourth-order valence-corrected chi connectivity index (χ4v) is 2.01. The Morgan fingerprint density at radius 2 is 2.53 bits per heavy atom. The quantitative estimate of drug-likeness (QED) is 0.575. The van der Waals surface area contributed by atoms with Crippen LogP contribution in [0, 0.1) is 0 Å². The third-order valence-electron chi connectivity index (χ3n) is 3.37. The molecule has 1 aromatic heterocycles. The van der Waals surface area contributed by atoms with Gasteiger partial charge in [0.15, 0.2) is 5.69 Å². The highest BCUT2D eigenvalue weighted by atomic mass is 16.5. The van der Waals surface area contributed by atoms with Crippen LogP contribution in [0.2, 0.25) is 0 Å². The number of nitrogens with one attached hydrogen (secondary N) is 1. The summed E-state index contributed by atoms with van der Waals surface area (Å²) in [5.41, 5.74) is -0.898. The molecule has 1 saturated heterocycles. The molecular weight excluding hydrogens is 252 g/mol. The molecule has 1 aromatic rings. The first kappa shape index (κ1) is 13.9. The van der Waals surface area contributed by atoms with E-state index in [0.717, 1.165) is 0 Å². The first-order chi connectivity index (χ1) is 9.01. The first-order valence-electron chi connectivity index (χ1n) is 6.19. The van der Waals surface area contributed by atoms with Crippen LogP contribution >= 0.6 is 0 Å². The van der Waals surface area contributed by atoms with Gasteiger partial charge in [0.05, 0.1) is 18.8 Å². The minimum Gasteiger partial charge on any atom is -0.476 e. The van der Waals surface area contributed by atoms with Gasteiger partial charge in [0.25, 0.3) is 0 Å². The van der Waals surface area contributed by atoms with Gasteiger partial charge < -0.3 is 20.3 Å². The predicted octanol–water partition coefficient (Wildman–Crippen LogP) is -0.894. The molecule has 8 heteroatoms. The van der Waals surface area contributed by atoms with Gasteiger partial charge in [-0.1, -0.05) is 5.21 Å². The van der Waals surface area contributed by atoms with Crippen molar-refractivity contribution in [1.29, 1.82) is 0 Å². The molecule has 2 heterocycles. The van der Waals surface area contributed by atoms with Gasteiger partial charge in [0.2, 0.25) is 0 Å².